The van der Waals surface area contributed by atoms with Gasteiger partial charge in [0.2, 0.25) is 0 Å². The summed E-state index contributed by atoms with van der Waals surface area (Å²) >= 11 is 0. The first-order chi connectivity index (χ1) is 7.94. The lowest BCUT2D eigenvalue weighted by Gasteiger charge is -2.17. The van der Waals surface area contributed by atoms with E-state index in [-0.39, 0.29) is 6.10 Å². The van der Waals surface area contributed by atoms with Crippen LogP contribution in [-0.4, -0.2) is 25.1 Å². The number of ether oxygens (including phenoxy) is 3. The van der Waals surface area contributed by atoms with E-state index in [0.29, 0.717) is 13.2 Å². The van der Waals surface area contributed by atoms with Crippen LogP contribution in [0.3, 0.4) is 0 Å². The van der Waals surface area contributed by atoms with Gasteiger partial charge in [-0.1, -0.05) is 6.07 Å². The molecule has 1 atom stereocenters. The van der Waals surface area contributed by atoms with Crippen LogP contribution in [0.4, 0.5) is 0 Å². The van der Waals surface area contributed by atoms with E-state index in [1.165, 1.54) is 11.1 Å². The van der Waals surface area contributed by atoms with Crippen molar-refractivity contribution in [1.29, 1.82) is 0 Å². The van der Waals surface area contributed by atoms with Crippen LogP contribution in [0.15, 0.2) is 18.2 Å². The first-order valence-electron chi connectivity index (χ1n) is 5.97. The molecule has 0 bridgehead atoms. The van der Waals surface area contributed by atoms with E-state index in [4.69, 9.17) is 14.2 Å². The Morgan fingerprint density at radius 3 is 2.41 bits per heavy atom. The molecule has 1 heterocycles. The smallest absolute Gasteiger partial charge is 0.163 e. The Hall–Kier alpha value is -1.06. The van der Waals surface area contributed by atoms with E-state index in [9.17, 15) is 0 Å². The van der Waals surface area contributed by atoms with Crippen molar-refractivity contribution in [2.75, 3.05) is 13.2 Å². The fourth-order valence-corrected chi connectivity index (χ4v) is 2.05. The molecule has 0 aromatic heterocycles. The lowest BCUT2D eigenvalue weighted by Crippen LogP contribution is -2.25. The lowest BCUT2D eigenvalue weighted by molar-refractivity contribution is -0.141. The minimum absolute atomic E-state index is 0.0193. The molecule has 0 N–H and O–H groups in total. The van der Waals surface area contributed by atoms with Gasteiger partial charge in [0.05, 0.1) is 6.61 Å². The molecule has 3 heteroatoms. The molecule has 1 aliphatic rings. The third-order valence-electron chi connectivity index (χ3n) is 2.70. The fourth-order valence-electron chi connectivity index (χ4n) is 2.05. The number of aryl methyl sites for hydroxylation is 2. The number of rotatable bonds is 3. The molecule has 1 saturated heterocycles. The van der Waals surface area contributed by atoms with Gasteiger partial charge in [0.25, 0.3) is 0 Å². The highest BCUT2D eigenvalue weighted by molar-refractivity contribution is 5.32. The van der Waals surface area contributed by atoms with Gasteiger partial charge in [-0.3, -0.25) is 0 Å². The van der Waals surface area contributed by atoms with Crippen molar-refractivity contribution in [3.8, 4) is 5.75 Å². The zero-order valence-corrected chi connectivity index (χ0v) is 10.9. The monoisotopic (exact) mass is 236 g/mol. The van der Waals surface area contributed by atoms with Gasteiger partial charge in [0, 0.05) is 0 Å². The molecule has 2 rings (SSSR count). The van der Waals surface area contributed by atoms with Crippen LogP contribution in [0.5, 0.6) is 5.75 Å². The number of benzene rings is 1. The van der Waals surface area contributed by atoms with Gasteiger partial charge in [-0.25, -0.2) is 0 Å². The minimum Gasteiger partial charge on any atom is -0.491 e. The summed E-state index contributed by atoms with van der Waals surface area (Å²) < 4.78 is 16.9. The van der Waals surface area contributed by atoms with Gasteiger partial charge in [-0.05, 0) is 51.0 Å². The molecule has 1 aliphatic heterocycles. The van der Waals surface area contributed by atoms with E-state index in [2.05, 4.69) is 19.9 Å². The Kier molecular flexibility index (Phi) is 3.40. The van der Waals surface area contributed by atoms with Crippen molar-refractivity contribution in [3.63, 3.8) is 0 Å². The van der Waals surface area contributed by atoms with E-state index >= 15 is 0 Å². The highest BCUT2D eigenvalue weighted by atomic mass is 16.7. The molecule has 0 spiro atoms. The van der Waals surface area contributed by atoms with E-state index < -0.39 is 5.79 Å². The van der Waals surface area contributed by atoms with Gasteiger partial charge in [-0.15, -0.1) is 0 Å². The standard InChI is InChI=1S/C14H20O3/c1-10-5-11(2)7-12(6-10)15-8-13-9-16-14(3,4)17-13/h5-7,13H,8-9H2,1-4H3/t13-/m1/s1. The second kappa shape index (κ2) is 4.67. The van der Waals surface area contributed by atoms with Crippen molar-refractivity contribution in [3.05, 3.63) is 29.3 Å². The molecule has 0 radical (unpaired) electrons. The summed E-state index contributed by atoms with van der Waals surface area (Å²) in [5, 5.41) is 0. The topological polar surface area (TPSA) is 27.7 Å². The average Bonchev–Trinajstić information content (AvgIpc) is 2.54. The maximum absolute atomic E-state index is 5.74. The van der Waals surface area contributed by atoms with Crippen LogP contribution in [0, 0.1) is 13.8 Å². The number of hydrogen-bond acceptors (Lipinski definition) is 3. The Balaban J connectivity index is 1.90. The maximum Gasteiger partial charge on any atom is 0.163 e. The summed E-state index contributed by atoms with van der Waals surface area (Å²) in [5.74, 6) is 0.423. The van der Waals surface area contributed by atoms with Crippen LogP contribution in [-0.2, 0) is 9.47 Å². The van der Waals surface area contributed by atoms with Crippen molar-refractivity contribution in [1.82, 2.24) is 0 Å². The molecule has 0 unspecified atom stereocenters. The third-order valence-corrected chi connectivity index (χ3v) is 2.70. The normalized spacial score (nSPS) is 22.7. The van der Waals surface area contributed by atoms with Crippen LogP contribution in [0.2, 0.25) is 0 Å². The predicted octanol–water partition coefficient (Wildman–Crippen LogP) is 2.83. The average molecular weight is 236 g/mol. The summed E-state index contributed by atoms with van der Waals surface area (Å²) in [4.78, 5) is 0. The highest BCUT2D eigenvalue weighted by Crippen LogP contribution is 2.23. The van der Waals surface area contributed by atoms with Gasteiger partial charge in [0.1, 0.15) is 18.5 Å². The zero-order valence-electron chi connectivity index (χ0n) is 10.9. The van der Waals surface area contributed by atoms with Crippen molar-refractivity contribution >= 4 is 0 Å². The van der Waals surface area contributed by atoms with Crippen LogP contribution in [0.1, 0.15) is 25.0 Å². The lowest BCUT2D eigenvalue weighted by atomic mass is 10.1. The Morgan fingerprint density at radius 1 is 1.24 bits per heavy atom. The SMILES string of the molecule is Cc1cc(C)cc(OC[C@@H]2COC(C)(C)O2)c1. The predicted molar refractivity (Wildman–Crippen MR) is 66.3 cm³/mol. The zero-order chi connectivity index (χ0) is 12.5. The Bertz CT molecular complexity index is 378. The quantitative estimate of drug-likeness (QED) is 0.807. The van der Waals surface area contributed by atoms with E-state index in [1.807, 2.05) is 26.0 Å². The van der Waals surface area contributed by atoms with Gasteiger partial charge in [0.15, 0.2) is 5.79 Å². The summed E-state index contributed by atoms with van der Waals surface area (Å²) in [6, 6.07) is 6.20. The largest absolute Gasteiger partial charge is 0.491 e. The maximum atomic E-state index is 5.74. The molecule has 94 valence electrons. The van der Waals surface area contributed by atoms with Gasteiger partial charge >= 0.3 is 0 Å². The number of hydrogen-bond donors (Lipinski definition) is 0. The first kappa shape index (κ1) is 12.4. The summed E-state index contributed by atoms with van der Waals surface area (Å²) in [6.07, 6.45) is 0.0193. The Morgan fingerprint density at radius 2 is 1.88 bits per heavy atom. The first-order valence-corrected chi connectivity index (χ1v) is 5.97. The minimum atomic E-state index is -0.476. The molecule has 0 aliphatic carbocycles. The molecule has 1 aromatic rings. The second-order valence-electron chi connectivity index (χ2n) is 5.09. The summed E-state index contributed by atoms with van der Waals surface area (Å²) in [7, 11) is 0. The summed E-state index contributed by atoms with van der Waals surface area (Å²) in [6.45, 7) is 9.11. The molecule has 0 amide bonds. The van der Waals surface area contributed by atoms with Crippen LogP contribution < -0.4 is 4.74 Å². The van der Waals surface area contributed by atoms with Crippen LogP contribution in [0.25, 0.3) is 0 Å². The second-order valence-corrected chi connectivity index (χ2v) is 5.09. The molecular weight excluding hydrogens is 216 g/mol. The molecule has 3 nitrogen and oxygen atoms in total. The van der Waals surface area contributed by atoms with Crippen molar-refractivity contribution < 1.29 is 14.2 Å². The molecular formula is C14H20O3. The van der Waals surface area contributed by atoms with Crippen molar-refractivity contribution in [2.24, 2.45) is 0 Å². The van der Waals surface area contributed by atoms with Gasteiger partial charge in [-0.2, -0.15) is 0 Å². The highest BCUT2D eigenvalue weighted by Gasteiger charge is 2.32. The fraction of sp³-hybridized carbons (Fsp3) is 0.571. The third kappa shape index (κ3) is 3.45. The van der Waals surface area contributed by atoms with Crippen molar-refractivity contribution in [2.45, 2.75) is 39.6 Å². The van der Waals surface area contributed by atoms with E-state index in [0.717, 1.165) is 5.75 Å². The molecule has 17 heavy (non-hydrogen) atoms. The molecule has 1 aromatic carbocycles. The van der Waals surface area contributed by atoms with Gasteiger partial charge < -0.3 is 14.2 Å². The molecule has 0 saturated carbocycles. The summed E-state index contributed by atoms with van der Waals surface area (Å²) in [5.41, 5.74) is 2.42. The van der Waals surface area contributed by atoms with E-state index in [1.54, 1.807) is 0 Å². The van der Waals surface area contributed by atoms with Crippen LogP contribution >= 0.6 is 0 Å². The Labute approximate surface area is 103 Å². The molecule has 1 fully saturated rings.